The van der Waals surface area contributed by atoms with Crippen LogP contribution in [0.3, 0.4) is 0 Å². The van der Waals surface area contributed by atoms with Crippen molar-refractivity contribution >= 4 is 0 Å². The van der Waals surface area contributed by atoms with E-state index in [0.717, 1.165) is 17.9 Å². The lowest BCUT2D eigenvalue weighted by Crippen LogP contribution is -2.46. The van der Waals surface area contributed by atoms with Crippen LogP contribution in [0.25, 0.3) is 0 Å². The Bertz CT molecular complexity index is 205. The second-order valence-electron chi connectivity index (χ2n) is 6.24. The van der Waals surface area contributed by atoms with Gasteiger partial charge >= 0.3 is 0 Å². The minimum Gasteiger partial charge on any atom is -0.317 e. The standard InChI is InChI=1S/C15H32N2/c1-12-10-13(2)15(4)17(11-12)9-7-6-8-14(3)16-5/h12-16H,6-11H2,1-5H3. The molecule has 1 aliphatic rings. The molecule has 102 valence electrons. The Hall–Kier alpha value is -0.0800. The summed E-state index contributed by atoms with van der Waals surface area (Å²) in [7, 11) is 2.06. The van der Waals surface area contributed by atoms with E-state index in [2.05, 4.69) is 45.0 Å². The summed E-state index contributed by atoms with van der Waals surface area (Å²) in [5.74, 6) is 1.76. The van der Waals surface area contributed by atoms with Gasteiger partial charge in [-0.25, -0.2) is 0 Å². The second kappa shape index (κ2) is 7.38. The molecule has 4 unspecified atom stereocenters. The molecule has 0 amide bonds. The predicted molar refractivity (Wildman–Crippen MR) is 76.4 cm³/mol. The van der Waals surface area contributed by atoms with E-state index >= 15 is 0 Å². The van der Waals surface area contributed by atoms with Crippen molar-refractivity contribution in [1.29, 1.82) is 0 Å². The van der Waals surface area contributed by atoms with Gasteiger partial charge in [-0.05, 0) is 58.5 Å². The highest BCUT2D eigenvalue weighted by molar-refractivity contribution is 4.81. The summed E-state index contributed by atoms with van der Waals surface area (Å²) < 4.78 is 0. The number of piperidine rings is 1. The SMILES string of the molecule is CNC(C)CCCCN1CC(C)CC(C)C1C. The summed E-state index contributed by atoms with van der Waals surface area (Å²) in [6.45, 7) is 12.1. The fourth-order valence-electron chi connectivity index (χ4n) is 3.04. The first-order valence-electron chi connectivity index (χ1n) is 7.46. The molecule has 1 aliphatic heterocycles. The fraction of sp³-hybridized carbons (Fsp3) is 1.00. The van der Waals surface area contributed by atoms with E-state index in [9.17, 15) is 0 Å². The van der Waals surface area contributed by atoms with Crippen LogP contribution in [0.4, 0.5) is 0 Å². The molecule has 0 aliphatic carbocycles. The molecule has 17 heavy (non-hydrogen) atoms. The molecular formula is C15H32N2. The molecule has 1 fully saturated rings. The van der Waals surface area contributed by atoms with E-state index in [0.29, 0.717) is 6.04 Å². The molecule has 1 N–H and O–H groups in total. The molecule has 1 rings (SSSR count). The first kappa shape index (κ1) is 15.0. The van der Waals surface area contributed by atoms with Crippen LogP contribution < -0.4 is 5.32 Å². The van der Waals surface area contributed by atoms with Gasteiger partial charge < -0.3 is 10.2 Å². The third kappa shape index (κ3) is 4.97. The van der Waals surface area contributed by atoms with Crippen LogP contribution in [0.5, 0.6) is 0 Å². The average Bonchev–Trinajstić information content (AvgIpc) is 2.30. The summed E-state index contributed by atoms with van der Waals surface area (Å²) in [6, 6.07) is 1.46. The zero-order chi connectivity index (χ0) is 12.8. The Morgan fingerprint density at radius 3 is 2.59 bits per heavy atom. The molecule has 2 nitrogen and oxygen atoms in total. The van der Waals surface area contributed by atoms with Crippen LogP contribution in [0.1, 0.15) is 53.4 Å². The molecule has 4 atom stereocenters. The van der Waals surface area contributed by atoms with Crippen molar-refractivity contribution < 1.29 is 0 Å². The highest BCUT2D eigenvalue weighted by Gasteiger charge is 2.27. The fourth-order valence-corrected chi connectivity index (χ4v) is 3.04. The smallest absolute Gasteiger partial charge is 0.00927 e. The van der Waals surface area contributed by atoms with Crippen molar-refractivity contribution in [2.45, 2.75) is 65.5 Å². The van der Waals surface area contributed by atoms with Crippen molar-refractivity contribution in [2.75, 3.05) is 20.1 Å². The largest absolute Gasteiger partial charge is 0.317 e. The number of unbranched alkanes of at least 4 members (excludes halogenated alkanes) is 1. The van der Waals surface area contributed by atoms with Crippen LogP contribution in [-0.4, -0.2) is 37.1 Å². The molecule has 0 bridgehead atoms. The predicted octanol–water partition coefficient (Wildman–Crippen LogP) is 3.13. The summed E-state index contributed by atoms with van der Waals surface area (Å²) in [5.41, 5.74) is 0. The van der Waals surface area contributed by atoms with Crippen LogP contribution in [0, 0.1) is 11.8 Å². The first-order valence-corrected chi connectivity index (χ1v) is 7.46. The van der Waals surface area contributed by atoms with Crippen molar-refractivity contribution in [3.05, 3.63) is 0 Å². The van der Waals surface area contributed by atoms with Crippen LogP contribution in [-0.2, 0) is 0 Å². The monoisotopic (exact) mass is 240 g/mol. The zero-order valence-corrected chi connectivity index (χ0v) is 12.5. The Morgan fingerprint density at radius 1 is 1.24 bits per heavy atom. The van der Waals surface area contributed by atoms with E-state index < -0.39 is 0 Å². The van der Waals surface area contributed by atoms with Gasteiger partial charge in [0.1, 0.15) is 0 Å². The highest BCUT2D eigenvalue weighted by Crippen LogP contribution is 2.27. The van der Waals surface area contributed by atoms with Crippen molar-refractivity contribution in [3.8, 4) is 0 Å². The van der Waals surface area contributed by atoms with E-state index in [-0.39, 0.29) is 0 Å². The topological polar surface area (TPSA) is 15.3 Å². The van der Waals surface area contributed by atoms with Gasteiger partial charge in [0.15, 0.2) is 0 Å². The summed E-state index contributed by atoms with van der Waals surface area (Å²) in [4.78, 5) is 2.71. The Labute approximate surface area is 108 Å². The molecular weight excluding hydrogens is 208 g/mol. The lowest BCUT2D eigenvalue weighted by atomic mass is 9.86. The third-order valence-electron chi connectivity index (χ3n) is 4.55. The number of hydrogen-bond donors (Lipinski definition) is 1. The van der Waals surface area contributed by atoms with Crippen LogP contribution in [0.2, 0.25) is 0 Å². The number of nitrogens with one attached hydrogen (secondary N) is 1. The Morgan fingerprint density at radius 2 is 1.94 bits per heavy atom. The van der Waals surface area contributed by atoms with Gasteiger partial charge in [-0.3, -0.25) is 0 Å². The normalized spacial score (nSPS) is 32.6. The maximum atomic E-state index is 3.31. The molecule has 0 aromatic carbocycles. The molecule has 0 saturated carbocycles. The number of rotatable bonds is 6. The van der Waals surface area contributed by atoms with Gasteiger partial charge in [-0.2, -0.15) is 0 Å². The zero-order valence-electron chi connectivity index (χ0n) is 12.5. The van der Waals surface area contributed by atoms with Gasteiger partial charge in [-0.1, -0.05) is 20.3 Å². The maximum absolute atomic E-state index is 3.31. The van der Waals surface area contributed by atoms with Crippen LogP contribution in [0.15, 0.2) is 0 Å². The summed E-state index contributed by atoms with van der Waals surface area (Å²) >= 11 is 0. The number of likely N-dealkylation sites (tertiary alicyclic amines) is 1. The van der Waals surface area contributed by atoms with Crippen molar-refractivity contribution in [2.24, 2.45) is 11.8 Å². The average molecular weight is 240 g/mol. The van der Waals surface area contributed by atoms with Gasteiger partial charge in [0, 0.05) is 18.6 Å². The second-order valence-corrected chi connectivity index (χ2v) is 6.24. The molecule has 1 saturated heterocycles. The molecule has 0 radical (unpaired) electrons. The number of hydrogen-bond acceptors (Lipinski definition) is 2. The van der Waals surface area contributed by atoms with Gasteiger partial charge in [-0.15, -0.1) is 0 Å². The summed E-state index contributed by atoms with van der Waals surface area (Å²) in [5, 5.41) is 3.31. The maximum Gasteiger partial charge on any atom is 0.00927 e. The highest BCUT2D eigenvalue weighted by atomic mass is 15.2. The van der Waals surface area contributed by atoms with Gasteiger partial charge in [0.25, 0.3) is 0 Å². The van der Waals surface area contributed by atoms with Crippen LogP contribution >= 0.6 is 0 Å². The lowest BCUT2D eigenvalue weighted by Gasteiger charge is -2.41. The number of nitrogens with zero attached hydrogens (tertiary/aromatic N) is 1. The molecule has 0 aromatic heterocycles. The van der Waals surface area contributed by atoms with Crippen molar-refractivity contribution in [1.82, 2.24) is 10.2 Å². The molecule has 0 aromatic rings. The Balaban J connectivity index is 2.21. The van der Waals surface area contributed by atoms with E-state index in [1.807, 2.05) is 0 Å². The van der Waals surface area contributed by atoms with Gasteiger partial charge in [0.2, 0.25) is 0 Å². The van der Waals surface area contributed by atoms with E-state index in [4.69, 9.17) is 0 Å². The molecule has 0 spiro atoms. The summed E-state index contributed by atoms with van der Waals surface area (Å²) in [6.07, 6.45) is 5.43. The lowest BCUT2D eigenvalue weighted by molar-refractivity contribution is 0.0779. The van der Waals surface area contributed by atoms with E-state index in [1.54, 1.807) is 0 Å². The van der Waals surface area contributed by atoms with E-state index in [1.165, 1.54) is 38.8 Å². The Kier molecular flexibility index (Phi) is 6.50. The minimum absolute atomic E-state index is 0.673. The first-order chi connectivity index (χ1) is 8.04. The quantitative estimate of drug-likeness (QED) is 0.718. The van der Waals surface area contributed by atoms with Gasteiger partial charge in [0.05, 0.1) is 0 Å². The molecule has 1 heterocycles. The third-order valence-corrected chi connectivity index (χ3v) is 4.55. The molecule has 2 heteroatoms. The minimum atomic E-state index is 0.673. The van der Waals surface area contributed by atoms with Crippen molar-refractivity contribution in [3.63, 3.8) is 0 Å².